The Hall–Kier alpha value is -2.14. The van der Waals surface area contributed by atoms with E-state index in [-0.39, 0.29) is 24.2 Å². The molecular weight excluding hydrogens is 326 g/mol. The number of amides is 1. The first-order valence-electron chi connectivity index (χ1n) is 9.57. The van der Waals surface area contributed by atoms with Gasteiger partial charge in [0.25, 0.3) is 5.91 Å². The second kappa shape index (κ2) is 8.04. The van der Waals surface area contributed by atoms with Gasteiger partial charge in [0.1, 0.15) is 6.23 Å². The molecule has 0 radical (unpaired) electrons. The Balaban J connectivity index is 1.92. The molecule has 1 fully saturated rings. The summed E-state index contributed by atoms with van der Waals surface area (Å²) in [5.74, 6) is 0.0623. The summed E-state index contributed by atoms with van der Waals surface area (Å²) in [6, 6.07) is 8.08. The number of benzene rings is 1. The number of aromatic nitrogens is 2. The molecule has 0 spiro atoms. The van der Waals surface area contributed by atoms with E-state index in [0.29, 0.717) is 0 Å². The molecule has 0 aliphatic carbocycles. The third kappa shape index (κ3) is 3.83. The molecule has 3 rings (SSSR count). The minimum atomic E-state index is 0.00295. The van der Waals surface area contributed by atoms with Crippen LogP contribution in [0.15, 0.2) is 36.7 Å². The molecule has 140 valence electrons. The van der Waals surface area contributed by atoms with Gasteiger partial charge in [-0.2, -0.15) is 5.10 Å². The molecular formula is C21H29N3O2. The number of ether oxygens (including phenoxy) is 1. The van der Waals surface area contributed by atoms with Crippen molar-refractivity contribution < 1.29 is 9.53 Å². The van der Waals surface area contributed by atoms with Gasteiger partial charge in [-0.1, -0.05) is 18.2 Å². The molecule has 1 aromatic heterocycles. The molecule has 5 nitrogen and oxygen atoms in total. The van der Waals surface area contributed by atoms with Crippen molar-refractivity contribution in [2.24, 2.45) is 0 Å². The van der Waals surface area contributed by atoms with Crippen LogP contribution in [0.1, 0.15) is 63.5 Å². The zero-order chi connectivity index (χ0) is 18.7. The van der Waals surface area contributed by atoms with Gasteiger partial charge in [-0.3, -0.25) is 4.79 Å². The Bertz CT molecular complexity index is 737. The highest BCUT2D eigenvalue weighted by atomic mass is 16.5. The van der Waals surface area contributed by atoms with Gasteiger partial charge in [-0.15, -0.1) is 0 Å². The number of carbonyl (C=O) groups is 1. The minimum absolute atomic E-state index is 0.00295. The van der Waals surface area contributed by atoms with Crippen molar-refractivity contribution in [1.82, 2.24) is 14.7 Å². The van der Waals surface area contributed by atoms with E-state index in [9.17, 15) is 4.79 Å². The van der Waals surface area contributed by atoms with E-state index < -0.39 is 0 Å². The number of hydrogen-bond donors (Lipinski definition) is 0. The topological polar surface area (TPSA) is 47.4 Å². The first kappa shape index (κ1) is 18.6. The van der Waals surface area contributed by atoms with Crippen molar-refractivity contribution in [3.05, 3.63) is 42.2 Å². The SMILES string of the molecule is CC(C)N(C(=O)c1ccccc1-c1cnn([C@@H]2CCCCO2)c1)C(C)C. The van der Waals surface area contributed by atoms with Crippen LogP contribution < -0.4 is 0 Å². The lowest BCUT2D eigenvalue weighted by atomic mass is 10.0. The van der Waals surface area contributed by atoms with E-state index in [4.69, 9.17) is 4.74 Å². The molecule has 1 aliphatic rings. The van der Waals surface area contributed by atoms with E-state index in [1.54, 1.807) is 0 Å². The highest BCUT2D eigenvalue weighted by Gasteiger charge is 2.25. The zero-order valence-electron chi connectivity index (χ0n) is 16.2. The lowest BCUT2D eigenvalue weighted by Gasteiger charge is -2.31. The lowest BCUT2D eigenvalue weighted by molar-refractivity contribution is -0.0394. The van der Waals surface area contributed by atoms with Crippen molar-refractivity contribution >= 4 is 5.91 Å². The maximum atomic E-state index is 13.2. The molecule has 1 saturated heterocycles. The van der Waals surface area contributed by atoms with Crippen molar-refractivity contribution in [3.63, 3.8) is 0 Å². The number of rotatable bonds is 5. The average molecular weight is 355 g/mol. The summed E-state index contributed by atoms with van der Waals surface area (Å²) in [7, 11) is 0. The van der Waals surface area contributed by atoms with Gasteiger partial charge in [0.05, 0.1) is 6.20 Å². The molecule has 1 aliphatic heterocycles. The summed E-state index contributed by atoms with van der Waals surface area (Å²) in [4.78, 5) is 15.1. The van der Waals surface area contributed by atoms with Crippen LogP contribution >= 0.6 is 0 Å². The lowest BCUT2D eigenvalue weighted by Crippen LogP contribution is -2.42. The van der Waals surface area contributed by atoms with E-state index in [1.165, 1.54) is 0 Å². The van der Waals surface area contributed by atoms with Gasteiger partial charge < -0.3 is 9.64 Å². The molecule has 5 heteroatoms. The van der Waals surface area contributed by atoms with Crippen molar-refractivity contribution in [1.29, 1.82) is 0 Å². The fourth-order valence-electron chi connectivity index (χ4n) is 3.69. The Labute approximate surface area is 156 Å². The molecule has 2 aromatic rings. The maximum absolute atomic E-state index is 13.2. The van der Waals surface area contributed by atoms with Crippen LogP contribution in [-0.4, -0.2) is 39.3 Å². The van der Waals surface area contributed by atoms with Crippen LogP contribution in [0.2, 0.25) is 0 Å². The van der Waals surface area contributed by atoms with E-state index in [2.05, 4.69) is 32.8 Å². The van der Waals surface area contributed by atoms with E-state index >= 15 is 0 Å². The van der Waals surface area contributed by atoms with E-state index in [1.807, 2.05) is 46.2 Å². The summed E-state index contributed by atoms with van der Waals surface area (Å²) < 4.78 is 7.70. The largest absolute Gasteiger partial charge is 0.357 e. The van der Waals surface area contributed by atoms with Crippen LogP contribution in [-0.2, 0) is 4.74 Å². The molecule has 1 aromatic carbocycles. The number of nitrogens with zero attached hydrogens (tertiary/aromatic N) is 3. The van der Waals surface area contributed by atoms with Crippen LogP contribution in [0.4, 0.5) is 0 Å². The third-order valence-electron chi connectivity index (χ3n) is 4.87. The van der Waals surface area contributed by atoms with Crippen molar-refractivity contribution in [2.75, 3.05) is 6.61 Å². The Morgan fingerprint density at radius 3 is 2.58 bits per heavy atom. The molecule has 1 amide bonds. The van der Waals surface area contributed by atoms with Crippen LogP contribution in [0.3, 0.4) is 0 Å². The molecule has 0 N–H and O–H groups in total. The first-order chi connectivity index (χ1) is 12.5. The quantitative estimate of drug-likeness (QED) is 0.793. The first-order valence-corrected chi connectivity index (χ1v) is 9.57. The third-order valence-corrected chi connectivity index (χ3v) is 4.87. The summed E-state index contributed by atoms with van der Waals surface area (Å²) in [6.07, 6.45) is 7.09. The Kier molecular flexibility index (Phi) is 5.77. The molecule has 1 atom stereocenters. The predicted molar refractivity (Wildman–Crippen MR) is 103 cm³/mol. The molecule has 0 bridgehead atoms. The van der Waals surface area contributed by atoms with Gasteiger partial charge in [-0.25, -0.2) is 4.68 Å². The second-order valence-electron chi connectivity index (χ2n) is 7.48. The van der Waals surface area contributed by atoms with Crippen LogP contribution in [0.5, 0.6) is 0 Å². The monoisotopic (exact) mass is 355 g/mol. The molecule has 0 unspecified atom stereocenters. The fourth-order valence-corrected chi connectivity index (χ4v) is 3.69. The normalized spacial score (nSPS) is 17.7. The van der Waals surface area contributed by atoms with Gasteiger partial charge in [0.2, 0.25) is 0 Å². The average Bonchev–Trinajstić information content (AvgIpc) is 3.12. The smallest absolute Gasteiger partial charge is 0.254 e. The predicted octanol–water partition coefficient (Wildman–Crippen LogP) is 4.51. The Morgan fingerprint density at radius 2 is 1.92 bits per heavy atom. The number of hydrogen-bond acceptors (Lipinski definition) is 3. The minimum Gasteiger partial charge on any atom is -0.357 e. The maximum Gasteiger partial charge on any atom is 0.254 e. The summed E-state index contributed by atoms with van der Waals surface area (Å²) in [5.41, 5.74) is 2.60. The second-order valence-corrected chi connectivity index (χ2v) is 7.48. The molecule has 0 saturated carbocycles. The van der Waals surface area contributed by atoms with Crippen LogP contribution in [0, 0.1) is 0 Å². The van der Waals surface area contributed by atoms with Gasteiger partial charge in [0.15, 0.2) is 0 Å². The number of carbonyl (C=O) groups excluding carboxylic acids is 1. The Morgan fingerprint density at radius 1 is 1.19 bits per heavy atom. The zero-order valence-corrected chi connectivity index (χ0v) is 16.2. The van der Waals surface area contributed by atoms with Crippen LogP contribution in [0.25, 0.3) is 11.1 Å². The van der Waals surface area contributed by atoms with E-state index in [0.717, 1.165) is 42.6 Å². The summed E-state index contributed by atoms with van der Waals surface area (Å²) >= 11 is 0. The van der Waals surface area contributed by atoms with Gasteiger partial charge in [0, 0.05) is 36.0 Å². The van der Waals surface area contributed by atoms with Gasteiger partial charge >= 0.3 is 0 Å². The summed E-state index contributed by atoms with van der Waals surface area (Å²) in [5, 5.41) is 4.50. The molecule has 2 heterocycles. The van der Waals surface area contributed by atoms with Crippen molar-refractivity contribution in [2.45, 2.75) is 65.3 Å². The van der Waals surface area contributed by atoms with Crippen molar-refractivity contribution in [3.8, 4) is 11.1 Å². The standard InChI is InChI=1S/C21H29N3O2/c1-15(2)24(16(3)4)21(25)19-10-6-5-9-18(19)17-13-22-23(14-17)20-11-7-8-12-26-20/h5-6,9-10,13-16,20H,7-8,11-12H2,1-4H3/t20-/m0/s1. The highest BCUT2D eigenvalue weighted by Crippen LogP contribution is 2.28. The fraction of sp³-hybridized carbons (Fsp3) is 0.524. The molecule has 26 heavy (non-hydrogen) atoms. The highest BCUT2D eigenvalue weighted by molar-refractivity contribution is 6.01. The summed E-state index contributed by atoms with van der Waals surface area (Å²) in [6.45, 7) is 9.00. The van der Waals surface area contributed by atoms with Gasteiger partial charge in [-0.05, 0) is 58.6 Å².